The van der Waals surface area contributed by atoms with E-state index in [1.165, 1.54) is 20.8 Å². The summed E-state index contributed by atoms with van der Waals surface area (Å²) in [6, 6.07) is 35.1. The maximum absolute atomic E-state index is 4.35. The number of aromatic nitrogens is 1. The summed E-state index contributed by atoms with van der Waals surface area (Å²) in [4.78, 5) is 1.34. The smallest absolute Gasteiger partial charge is 0.117 e. The number of nitrogens with zero attached hydrogens (tertiary/aromatic N) is 1. The molecule has 0 radical (unpaired) electrons. The third kappa shape index (κ3) is 3.66. The first-order valence-electron chi connectivity index (χ1n) is 8.34. The normalized spacial score (nSPS) is 10.9. The van der Waals surface area contributed by atoms with Gasteiger partial charge in [-0.05, 0) is 54.0 Å². The van der Waals surface area contributed by atoms with Gasteiger partial charge in [-0.25, -0.2) is 4.37 Å². The van der Waals surface area contributed by atoms with Gasteiger partial charge in [-0.1, -0.05) is 54.6 Å². The molecule has 26 heavy (non-hydrogen) atoms. The van der Waals surface area contributed by atoms with E-state index in [1.54, 1.807) is 11.5 Å². The maximum Gasteiger partial charge on any atom is 0.117 e. The SMILES string of the molecule is [Br-].c1ccc([P+](Cc2ccns2)(c2ccccc2)c2ccccc2)cc1. The minimum absolute atomic E-state index is 0. The monoisotopic (exact) mass is 439 g/mol. The van der Waals surface area contributed by atoms with E-state index in [0.29, 0.717) is 0 Å². The molecule has 4 heteroatoms. The van der Waals surface area contributed by atoms with Gasteiger partial charge in [0.25, 0.3) is 0 Å². The highest BCUT2D eigenvalue weighted by Crippen LogP contribution is 2.58. The molecule has 130 valence electrons. The molecule has 0 unspecified atom stereocenters. The van der Waals surface area contributed by atoms with Crippen molar-refractivity contribution in [3.63, 3.8) is 0 Å². The van der Waals surface area contributed by atoms with Crippen LogP contribution in [0.3, 0.4) is 0 Å². The van der Waals surface area contributed by atoms with E-state index in [9.17, 15) is 0 Å². The summed E-state index contributed by atoms with van der Waals surface area (Å²) in [7, 11) is -1.77. The van der Waals surface area contributed by atoms with E-state index in [2.05, 4.69) is 101 Å². The van der Waals surface area contributed by atoms with Crippen molar-refractivity contribution >= 4 is 34.7 Å². The molecule has 4 aromatic rings. The minimum Gasteiger partial charge on any atom is -1.00 e. The molecule has 0 fully saturated rings. The van der Waals surface area contributed by atoms with Crippen molar-refractivity contribution in [3.05, 3.63) is 108 Å². The first kappa shape index (κ1) is 19.0. The summed E-state index contributed by atoms with van der Waals surface area (Å²) in [6.45, 7) is 0. The molecule has 0 aliphatic heterocycles. The summed E-state index contributed by atoms with van der Waals surface area (Å²) < 4.78 is 4.35. The van der Waals surface area contributed by atoms with E-state index in [4.69, 9.17) is 0 Å². The van der Waals surface area contributed by atoms with E-state index in [1.807, 2.05) is 6.20 Å². The Hall–Kier alpha value is -1.80. The highest BCUT2D eigenvalue weighted by molar-refractivity contribution is 7.95. The van der Waals surface area contributed by atoms with Crippen LogP contribution in [0.5, 0.6) is 0 Å². The quantitative estimate of drug-likeness (QED) is 0.430. The van der Waals surface area contributed by atoms with Crippen molar-refractivity contribution in [1.29, 1.82) is 0 Å². The molecule has 3 aromatic carbocycles. The van der Waals surface area contributed by atoms with Crippen LogP contribution in [0.15, 0.2) is 103 Å². The Morgan fingerprint density at radius 1 is 0.615 bits per heavy atom. The first-order valence-corrected chi connectivity index (χ1v) is 11.1. The van der Waals surface area contributed by atoms with Crippen LogP contribution < -0.4 is 32.9 Å². The molecule has 1 heterocycles. The molecular formula is C22H19BrNPS. The van der Waals surface area contributed by atoms with Crippen LogP contribution >= 0.6 is 18.8 Å². The van der Waals surface area contributed by atoms with Gasteiger partial charge < -0.3 is 17.0 Å². The van der Waals surface area contributed by atoms with Crippen LogP contribution in [0.1, 0.15) is 4.88 Å². The highest BCUT2D eigenvalue weighted by Gasteiger charge is 2.45. The predicted molar refractivity (Wildman–Crippen MR) is 111 cm³/mol. The lowest BCUT2D eigenvalue weighted by Crippen LogP contribution is -3.00. The van der Waals surface area contributed by atoms with Crippen molar-refractivity contribution in [2.45, 2.75) is 6.16 Å². The molecule has 0 atom stereocenters. The van der Waals surface area contributed by atoms with E-state index >= 15 is 0 Å². The van der Waals surface area contributed by atoms with Gasteiger partial charge in [-0.15, -0.1) is 0 Å². The summed E-state index contributed by atoms with van der Waals surface area (Å²) in [5.74, 6) is 0. The Labute approximate surface area is 170 Å². The fraction of sp³-hybridized carbons (Fsp3) is 0.0455. The van der Waals surface area contributed by atoms with Crippen molar-refractivity contribution in [3.8, 4) is 0 Å². The van der Waals surface area contributed by atoms with Crippen LogP contribution in [-0.2, 0) is 6.16 Å². The van der Waals surface area contributed by atoms with Gasteiger partial charge in [0, 0.05) is 6.20 Å². The molecule has 0 bridgehead atoms. The second-order valence-electron chi connectivity index (χ2n) is 5.95. The lowest BCUT2D eigenvalue weighted by atomic mass is 10.4. The van der Waals surface area contributed by atoms with E-state index < -0.39 is 7.26 Å². The maximum atomic E-state index is 4.35. The van der Waals surface area contributed by atoms with Crippen molar-refractivity contribution in [2.24, 2.45) is 0 Å². The molecule has 0 spiro atoms. The minimum atomic E-state index is -1.77. The average molecular weight is 440 g/mol. The predicted octanol–water partition coefficient (Wildman–Crippen LogP) is 1.64. The van der Waals surface area contributed by atoms with Crippen molar-refractivity contribution < 1.29 is 17.0 Å². The summed E-state index contributed by atoms with van der Waals surface area (Å²) in [5.41, 5.74) is 0. The fourth-order valence-electron chi connectivity index (χ4n) is 3.33. The van der Waals surface area contributed by atoms with Crippen LogP contribution in [0.2, 0.25) is 0 Å². The fourth-order valence-corrected chi connectivity index (χ4v) is 8.58. The first-order chi connectivity index (χ1) is 12.4. The largest absolute Gasteiger partial charge is 1.00 e. The summed E-state index contributed by atoms with van der Waals surface area (Å²) >= 11 is 1.61. The highest BCUT2D eigenvalue weighted by atomic mass is 79.9. The van der Waals surface area contributed by atoms with Gasteiger partial charge in [0.1, 0.15) is 29.3 Å². The zero-order valence-electron chi connectivity index (χ0n) is 14.2. The van der Waals surface area contributed by atoms with E-state index in [0.717, 1.165) is 6.16 Å². The standard InChI is InChI=1S/C22H19NPS.BrH/c1-4-10-19(11-5-1)24(18-22-16-17-23-25-22,20-12-6-2-7-13-20)21-14-8-3-9-15-21;/h1-17H,18H2;1H/q+1;/p-1. The lowest BCUT2D eigenvalue weighted by molar-refractivity contribution is -0.00000484. The van der Waals surface area contributed by atoms with Gasteiger partial charge in [0.15, 0.2) is 0 Å². The molecule has 0 N–H and O–H groups in total. The lowest BCUT2D eigenvalue weighted by Gasteiger charge is -2.27. The van der Waals surface area contributed by atoms with Gasteiger partial charge in [-0.2, -0.15) is 0 Å². The molecule has 0 saturated carbocycles. The van der Waals surface area contributed by atoms with Crippen LogP contribution in [0.4, 0.5) is 0 Å². The average Bonchev–Trinajstić information content (AvgIpc) is 3.21. The Morgan fingerprint density at radius 2 is 1.04 bits per heavy atom. The Morgan fingerprint density at radius 3 is 1.38 bits per heavy atom. The molecule has 4 rings (SSSR count). The number of benzene rings is 3. The second-order valence-corrected chi connectivity index (χ2v) is 10.4. The zero-order chi connectivity index (χ0) is 17.0. The molecule has 0 saturated heterocycles. The van der Waals surface area contributed by atoms with Gasteiger partial charge >= 0.3 is 0 Å². The third-order valence-electron chi connectivity index (χ3n) is 4.48. The van der Waals surface area contributed by atoms with Gasteiger partial charge in [-0.3, -0.25) is 0 Å². The number of halogens is 1. The molecule has 0 aliphatic rings. The summed E-state index contributed by atoms with van der Waals surface area (Å²) in [6.07, 6.45) is 2.92. The number of rotatable bonds is 5. The topological polar surface area (TPSA) is 12.9 Å². The van der Waals surface area contributed by atoms with Crippen molar-refractivity contribution in [2.75, 3.05) is 0 Å². The Bertz CT molecular complexity index is 816. The zero-order valence-corrected chi connectivity index (χ0v) is 17.5. The summed E-state index contributed by atoms with van der Waals surface area (Å²) in [5, 5.41) is 4.25. The van der Waals surface area contributed by atoms with Crippen LogP contribution in [-0.4, -0.2) is 4.37 Å². The van der Waals surface area contributed by atoms with Gasteiger partial charge in [0.2, 0.25) is 0 Å². The third-order valence-corrected chi connectivity index (χ3v) is 9.79. The van der Waals surface area contributed by atoms with Crippen molar-refractivity contribution in [1.82, 2.24) is 4.37 Å². The molecule has 0 amide bonds. The Balaban J connectivity index is 0.00000196. The number of hydrogen-bond donors (Lipinski definition) is 0. The second kappa shape index (κ2) is 8.73. The molecule has 0 aliphatic carbocycles. The van der Waals surface area contributed by atoms with Crippen LogP contribution in [0, 0.1) is 0 Å². The Kier molecular flexibility index (Phi) is 6.37. The van der Waals surface area contributed by atoms with Crippen LogP contribution in [0.25, 0.3) is 0 Å². The molecule has 1 aromatic heterocycles. The van der Waals surface area contributed by atoms with E-state index in [-0.39, 0.29) is 17.0 Å². The molecular weight excluding hydrogens is 421 g/mol. The number of hydrogen-bond acceptors (Lipinski definition) is 2. The molecule has 1 nitrogen and oxygen atoms in total. The van der Waals surface area contributed by atoms with Gasteiger partial charge in [0.05, 0.1) is 4.88 Å².